The largest absolute Gasteiger partial charge is 0.494 e. The van der Waals surface area contributed by atoms with Gasteiger partial charge in [-0.2, -0.15) is 0 Å². The molecule has 0 unspecified atom stereocenters. The number of hydrogen-bond acceptors (Lipinski definition) is 8. The Morgan fingerprint density at radius 1 is 1.00 bits per heavy atom. The van der Waals surface area contributed by atoms with Gasteiger partial charge in [0, 0.05) is 5.39 Å². The SMILES string of the molecule is CCOC(=O)c1c(C)nc(Nc2nc(C)c3cccc(OC)c3n2)nc1C. The van der Waals surface area contributed by atoms with E-state index in [2.05, 4.69) is 25.3 Å². The number of nitrogens with one attached hydrogen (secondary N) is 1. The van der Waals surface area contributed by atoms with Gasteiger partial charge in [-0.3, -0.25) is 5.32 Å². The number of carbonyl (C=O) groups excluding carboxylic acids is 1. The summed E-state index contributed by atoms with van der Waals surface area (Å²) in [6, 6.07) is 5.68. The normalized spacial score (nSPS) is 10.7. The maximum atomic E-state index is 12.1. The van der Waals surface area contributed by atoms with Gasteiger partial charge in [0.15, 0.2) is 0 Å². The molecule has 3 aromatic rings. The molecule has 8 nitrogen and oxygen atoms in total. The Morgan fingerprint density at radius 2 is 1.63 bits per heavy atom. The predicted octanol–water partition coefficient (Wildman–Crippen LogP) is 3.27. The van der Waals surface area contributed by atoms with E-state index in [4.69, 9.17) is 9.47 Å². The fraction of sp³-hybridized carbons (Fsp3) is 0.316. The van der Waals surface area contributed by atoms with Crippen molar-refractivity contribution in [3.63, 3.8) is 0 Å². The molecule has 2 aromatic heterocycles. The Hall–Kier alpha value is -3.29. The first-order valence-corrected chi connectivity index (χ1v) is 8.55. The van der Waals surface area contributed by atoms with Crippen LogP contribution in [0.2, 0.25) is 0 Å². The Balaban J connectivity index is 1.99. The van der Waals surface area contributed by atoms with Crippen LogP contribution in [0.3, 0.4) is 0 Å². The van der Waals surface area contributed by atoms with Gasteiger partial charge in [-0.05, 0) is 33.8 Å². The average Bonchev–Trinajstić information content (AvgIpc) is 2.61. The molecule has 8 heteroatoms. The topological polar surface area (TPSA) is 99.1 Å². The summed E-state index contributed by atoms with van der Waals surface area (Å²) in [7, 11) is 1.60. The van der Waals surface area contributed by atoms with E-state index in [1.54, 1.807) is 27.9 Å². The minimum atomic E-state index is -0.429. The van der Waals surface area contributed by atoms with Crippen molar-refractivity contribution in [2.75, 3.05) is 19.0 Å². The van der Waals surface area contributed by atoms with Crippen LogP contribution in [0.1, 0.15) is 34.4 Å². The lowest BCUT2D eigenvalue weighted by molar-refractivity contribution is 0.0523. The van der Waals surface area contributed by atoms with Gasteiger partial charge < -0.3 is 9.47 Å². The minimum Gasteiger partial charge on any atom is -0.494 e. The maximum absolute atomic E-state index is 12.1. The lowest BCUT2D eigenvalue weighted by Gasteiger charge is -2.12. The number of aromatic nitrogens is 4. The molecule has 0 radical (unpaired) electrons. The molecule has 1 aromatic carbocycles. The number of fused-ring (bicyclic) bond motifs is 1. The molecule has 0 bridgehead atoms. The fourth-order valence-electron chi connectivity index (χ4n) is 2.87. The summed E-state index contributed by atoms with van der Waals surface area (Å²) in [6.07, 6.45) is 0. The first-order valence-electron chi connectivity index (χ1n) is 8.55. The number of carbonyl (C=O) groups is 1. The minimum absolute atomic E-state index is 0.295. The quantitative estimate of drug-likeness (QED) is 0.686. The lowest BCUT2D eigenvalue weighted by atomic mass is 10.2. The molecule has 0 aliphatic carbocycles. The smallest absolute Gasteiger partial charge is 0.341 e. The first kappa shape index (κ1) is 18.5. The molecule has 0 saturated heterocycles. The number of rotatable bonds is 5. The van der Waals surface area contributed by atoms with Crippen molar-refractivity contribution >= 4 is 28.8 Å². The van der Waals surface area contributed by atoms with Crippen LogP contribution in [0, 0.1) is 20.8 Å². The Bertz CT molecular complexity index is 997. The number of esters is 1. The Labute approximate surface area is 157 Å². The monoisotopic (exact) mass is 367 g/mol. The molecule has 0 spiro atoms. The molecule has 0 atom stereocenters. The number of anilines is 2. The number of benzene rings is 1. The van der Waals surface area contributed by atoms with Gasteiger partial charge in [-0.15, -0.1) is 0 Å². The predicted molar refractivity (Wildman–Crippen MR) is 102 cm³/mol. The van der Waals surface area contributed by atoms with Crippen LogP contribution in [0.5, 0.6) is 5.75 Å². The zero-order valence-electron chi connectivity index (χ0n) is 16.0. The van der Waals surface area contributed by atoms with Crippen LogP contribution in [-0.4, -0.2) is 39.6 Å². The lowest BCUT2D eigenvalue weighted by Crippen LogP contribution is -2.13. The Kier molecular flexibility index (Phi) is 5.16. The summed E-state index contributed by atoms with van der Waals surface area (Å²) in [5.41, 5.74) is 2.93. The zero-order valence-corrected chi connectivity index (χ0v) is 16.0. The third-order valence-electron chi connectivity index (χ3n) is 4.07. The summed E-state index contributed by atoms with van der Waals surface area (Å²) in [5, 5.41) is 3.92. The second-order valence-electron chi connectivity index (χ2n) is 5.93. The maximum Gasteiger partial charge on any atom is 0.341 e. The van der Waals surface area contributed by atoms with Gasteiger partial charge in [0.25, 0.3) is 0 Å². The average molecular weight is 367 g/mol. The van der Waals surface area contributed by atoms with Crippen LogP contribution in [0.4, 0.5) is 11.9 Å². The molecule has 0 aliphatic heterocycles. The van der Waals surface area contributed by atoms with Crippen molar-refractivity contribution in [1.29, 1.82) is 0 Å². The van der Waals surface area contributed by atoms with Gasteiger partial charge in [0.2, 0.25) is 11.9 Å². The van der Waals surface area contributed by atoms with Gasteiger partial charge in [0.05, 0.1) is 30.8 Å². The van der Waals surface area contributed by atoms with Crippen LogP contribution in [0.15, 0.2) is 18.2 Å². The summed E-state index contributed by atoms with van der Waals surface area (Å²) >= 11 is 0. The summed E-state index contributed by atoms with van der Waals surface area (Å²) in [5.74, 6) is 0.896. The van der Waals surface area contributed by atoms with E-state index in [1.807, 2.05) is 25.1 Å². The highest BCUT2D eigenvalue weighted by Crippen LogP contribution is 2.27. The molecule has 1 N–H and O–H groups in total. The molecular formula is C19H21N5O3. The van der Waals surface area contributed by atoms with Crippen molar-refractivity contribution in [3.05, 3.63) is 40.8 Å². The molecule has 2 heterocycles. The van der Waals surface area contributed by atoms with Crippen molar-refractivity contribution < 1.29 is 14.3 Å². The van der Waals surface area contributed by atoms with E-state index < -0.39 is 5.97 Å². The van der Waals surface area contributed by atoms with Crippen LogP contribution in [-0.2, 0) is 4.74 Å². The molecule has 0 fully saturated rings. The van der Waals surface area contributed by atoms with Gasteiger partial charge in [-0.25, -0.2) is 24.7 Å². The van der Waals surface area contributed by atoms with E-state index >= 15 is 0 Å². The van der Waals surface area contributed by atoms with E-state index in [9.17, 15) is 4.79 Å². The molecule has 3 rings (SSSR count). The molecule has 0 amide bonds. The summed E-state index contributed by atoms with van der Waals surface area (Å²) in [6.45, 7) is 7.43. The number of hydrogen-bond donors (Lipinski definition) is 1. The molecule has 0 aliphatic rings. The molecule has 140 valence electrons. The summed E-state index contributed by atoms with van der Waals surface area (Å²) < 4.78 is 10.4. The van der Waals surface area contributed by atoms with Crippen molar-refractivity contribution in [1.82, 2.24) is 19.9 Å². The third-order valence-corrected chi connectivity index (χ3v) is 4.07. The van der Waals surface area contributed by atoms with Gasteiger partial charge in [-0.1, -0.05) is 12.1 Å². The standard InChI is InChI=1S/C19H21N5O3/c1-6-27-17(25)15-11(3)21-18(22-12(15)4)24-19-20-10(2)13-8-7-9-14(26-5)16(13)23-19/h7-9H,6H2,1-5H3,(H,20,21,22,23,24). The van der Waals surface area contributed by atoms with Crippen molar-refractivity contribution in [2.24, 2.45) is 0 Å². The van der Waals surface area contributed by atoms with E-state index in [1.165, 1.54) is 0 Å². The second-order valence-corrected chi connectivity index (χ2v) is 5.93. The highest BCUT2D eigenvalue weighted by atomic mass is 16.5. The number of aryl methyl sites for hydroxylation is 3. The molecule has 0 saturated carbocycles. The van der Waals surface area contributed by atoms with Crippen LogP contribution >= 0.6 is 0 Å². The number of methoxy groups -OCH3 is 1. The highest BCUT2D eigenvalue weighted by Gasteiger charge is 2.18. The second kappa shape index (κ2) is 7.53. The molecule has 27 heavy (non-hydrogen) atoms. The Morgan fingerprint density at radius 3 is 2.26 bits per heavy atom. The number of nitrogens with zero attached hydrogens (tertiary/aromatic N) is 4. The summed E-state index contributed by atoms with van der Waals surface area (Å²) in [4.78, 5) is 29.8. The fourth-order valence-corrected chi connectivity index (χ4v) is 2.87. The number of para-hydroxylation sites is 1. The zero-order chi connectivity index (χ0) is 19.6. The van der Waals surface area contributed by atoms with E-state index in [0.717, 1.165) is 11.1 Å². The van der Waals surface area contributed by atoms with Crippen LogP contribution < -0.4 is 10.1 Å². The molecular weight excluding hydrogens is 346 g/mol. The van der Waals surface area contributed by atoms with Gasteiger partial charge in [0.1, 0.15) is 16.8 Å². The van der Waals surface area contributed by atoms with Crippen molar-refractivity contribution in [2.45, 2.75) is 27.7 Å². The van der Waals surface area contributed by atoms with Crippen molar-refractivity contribution in [3.8, 4) is 5.75 Å². The van der Waals surface area contributed by atoms with Crippen LogP contribution in [0.25, 0.3) is 10.9 Å². The van der Waals surface area contributed by atoms with E-state index in [0.29, 0.717) is 46.7 Å². The third kappa shape index (κ3) is 3.64. The van der Waals surface area contributed by atoms with Gasteiger partial charge >= 0.3 is 5.97 Å². The highest BCUT2D eigenvalue weighted by molar-refractivity contribution is 5.92. The first-order chi connectivity index (χ1) is 12.9. The van der Waals surface area contributed by atoms with E-state index in [-0.39, 0.29) is 0 Å². The number of ether oxygens (including phenoxy) is 2.